The van der Waals surface area contributed by atoms with Crippen molar-refractivity contribution in [3.8, 4) is 0 Å². The molecule has 0 saturated heterocycles. The van der Waals surface area contributed by atoms with Gasteiger partial charge in [0.25, 0.3) is 0 Å². The molecule has 1 aromatic heterocycles. The Morgan fingerprint density at radius 1 is 1.17 bits per heavy atom. The molecule has 1 heterocycles. The number of nitrogens with one attached hydrogen (secondary N) is 1. The van der Waals surface area contributed by atoms with Crippen LogP contribution >= 0.6 is 0 Å². The van der Waals surface area contributed by atoms with E-state index in [0.29, 0.717) is 18.1 Å². The quantitative estimate of drug-likeness (QED) is 0.881. The van der Waals surface area contributed by atoms with E-state index in [4.69, 9.17) is 5.73 Å². The maximum atomic E-state index is 12.4. The molecular formula is C11H11F3N4. The molecule has 2 rings (SSSR count). The molecule has 0 spiro atoms. The second-order valence-electron chi connectivity index (χ2n) is 3.77. The van der Waals surface area contributed by atoms with E-state index in [0.717, 1.165) is 17.7 Å². The van der Waals surface area contributed by atoms with Crippen molar-refractivity contribution in [1.29, 1.82) is 0 Å². The number of rotatable bonds is 3. The molecule has 0 amide bonds. The van der Waals surface area contributed by atoms with Crippen LogP contribution in [-0.2, 0) is 19.1 Å². The first-order valence-corrected chi connectivity index (χ1v) is 5.25. The second kappa shape index (κ2) is 4.77. The van der Waals surface area contributed by atoms with Crippen molar-refractivity contribution in [1.82, 2.24) is 15.2 Å². The van der Waals surface area contributed by atoms with Crippen LogP contribution in [0.2, 0.25) is 0 Å². The molecule has 96 valence electrons. The van der Waals surface area contributed by atoms with Gasteiger partial charge in [-0.3, -0.25) is 5.10 Å². The van der Waals surface area contributed by atoms with Crippen molar-refractivity contribution in [3.05, 3.63) is 47.0 Å². The molecule has 0 radical (unpaired) electrons. The van der Waals surface area contributed by atoms with Crippen LogP contribution in [0.3, 0.4) is 0 Å². The van der Waals surface area contributed by atoms with Crippen LogP contribution in [0.15, 0.2) is 24.3 Å². The highest BCUT2D eigenvalue weighted by Crippen LogP contribution is 2.29. The zero-order valence-corrected chi connectivity index (χ0v) is 9.33. The molecule has 0 aliphatic heterocycles. The van der Waals surface area contributed by atoms with Crippen molar-refractivity contribution < 1.29 is 13.2 Å². The van der Waals surface area contributed by atoms with E-state index in [-0.39, 0.29) is 6.54 Å². The molecule has 0 unspecified atom stereocenters. The number of hydrogen-bond donors (Lipinski definition) is 2. The fourth-order valence-corrected chi connectivity index (χ4v) is 1.51. The summed E-state index contributed by atoms with van der Waals surface area (Å²) in [6.07, 6.45) is -3.91. The molecule has 4 nitrogen and oxygen atoms in total. The Morgan fingerprint density at radius 2 is 1.83 bits per heavy atom. The van der Waals surface area contributed by atoms with Crippen molar-refractivity contribution in [2.75, 3.05) is 0 Å². The van der Waals surface area contributed by atoms with Gasteiger partial charge in [0.05, 0.1) is 12.1 Å². The number of nitrogens with two attached hydrogens (primary N) is 1. The lowest BCUT2D eigenvalue weighted by atomic mass is 10.1. The standard InChI is InChI=1S/C11H11F3N4/c12-11(13,14)8-3-1-7(2-4-8)5-9-16-10(6-15)18-17-9/h1-4H,5-6,15H2,(H,16,17,18). The number of alkyl halides is 3. The highest BCUT2D eigenvalue weighted by atomic mass is 19.4. The highest BCUT2D eigenvalue weighted by molar-refractivity contribution is 5.26. The maximum Gasteiger partial charge on any atom is 0.416 e. The summed E-state index contributed by atoms with van der Waals surface area (Å²) in [6.45, 7) is 0.226. The number of hydrogen-bond acceptors (Lipinski definition) is 3. The summed E-state index contributed by atoms with van der Waals surface area (Å²) in [6, 6.07) is 4.95. The van der Waals surface area contributed by atoms with Crippen molar-refractivity contribution in [3.63, 3.8) is 0 Å². The van der Waals surface area contributed by atoms with Gasteiger partial charge in [0, 0.05) is 6.42 Å². The number of benzene rings is 1. The fourth-order valence-electron chi connectivity index (χ4n) is 1.51. The first-order valence-electron chi connectivity index (χ1n) is 5.25. The predicted molar refractivity (Wildman–Crippen MR) is 58.5 cm³/mol. The Labute approximate surface area is 101 Å². The molecule has 0 atom stereocenters. The summed E-state index contributed by atoms with van der Waals surface area (Å²) < 4.78 is 37.1. The van der Waals surface area contributed by atoms with Gasteiger partial charge in [-0.05, 0) is 17.7 Å². The maximum absolute atomic E-state index is 12.4. The van der Waals surface area contributed by atoms with Gasteiger partial charge in [0.1, 0.15) is 5.82 Å². The summed E-state index contributed by atoms with van der Waals surface area (Å²) >= 11 is 0. The summed E-state index contributed by atoms with van der Waals surface area (Å²) in [5.74, 6) is 1.06. The summed E-state index contributed by atoms with van der Waals surface area (Å²) in [4.78, 5) is 4.08. The lowest BCUT2D eigenvalue weighted by Crippen LogP contribution is -2.04. The molecular weight excluding hydrogens is 245 g/mol. The van der Waals surface area contributed by atoms with Crippen molar-refractivity contribution in [2.45, 2.75) is 19.1 Å². The average molecular weight is 256 g/mol. The largest absolute Gasteiger partial charge is 0.416 e. The van der Waals surface area contributed by atoms with Gasteiger partial charge in [0.15, 0.2) is 5.82 Å². The SMILES string of the molecule is NCc1n[nH]c(Cc2ccc(C(F)(F)F)cc2)n1. The Hall–Kier alpha value is -1.89. The highest BCUT2D eigenvalue weighted by Gasteiger charge is 2.29. The normalized spacial score (nSPS) is 11.8. The van der Waals surface area contributed by atoms with Crippen LogP contribution < -0.4 is 5.73 Å². The van der Waals surface area contributed by atoms with Gasteiger partial charge in [-0.1, -0.05) is 12.1 Å². The summed E-state index contributed by atoms with van der Waals surface area (Å²) in [5, 5.41) is 6.53. The third-order valence-electron chi connectivity index (χ3n) is 2.41. The first kappa shape index (κ1) is 12.6. The van der Waals surface area contributed by atoms with E-state index < -0.39 is 11.7 Å². The number of nitrogens with zero attached hydrogens (tertiary/aromatic N) is 2. The molecule has 18 heavy (non-hydrogen) atoms. The predicted octanol–water partition coefficient (Wildman–Crippen LogP) is 1.87. The number of H-pyrrole nitrogens is 1. The Balaban J connectivity index is 2.11. The van der Waals surface area contributed by atoms with Gasteiger partial charge < -0.3 is 5.73 Å². The van der Waals surface area contributed by atoms with Gasteiger partial charge in [-0.2, -0.15) is 18.3 Å². The zero-order valence-electron chi connectivity index (χ0n) is 9.33. The molecule has 0 fully saturated rings. The lowest BCUT2D eigenvalue weighted by molar-refractivity contribution is -0.137. The van der Waals surface area contributed by atoms with Crippen LogP contribution in [-0.4, -0.2) is 15.2 Å². The zero-order chi connectivity index (χ0) is 13.2. The van der Waals surface area contributed by atoms with Gasteiger partial charge in [-0.15, -0.1) is 0 Å². The van der Waals surface area contributed by atoms with E-state index in [1.54, 1.807) is 0 Å². The molecule has 3 N–H and O–H groups in total. The van der Waals surface area contributed by atoms with E-state index in [1.165, 1.54) is 12.1 Å². The van der Waals surface area contributed by atoms with Gasteiger partial charge >= 0.3 is 6.18 Å². The average Bonchev–Trinajstić information content (AvgIpc) is 2.76. The number of aromatic amines is 1. The minimum absolute atomic E-state index is 0.226. The van der Waals surface area contributed by atoms with Crippen LogP contribution in [0.5, 0.6) is 0 Å². The molecule has 0 aliphatic carbocycles. The third kappa shape index (κ3) is 2.86. The minimum Gasteiger partial charge on any atom is -0.324 e. The Morgan fingerprint density at radius 3 is 2.33 bits per heavy atom. The Kier molecular flexibility index (Phi) is 3.33. The molecule has 0 bridgehead atoms. The van der Waals surface area contributed by atoms with Crippen LogP contribution in [0.25, 0.3) is 0 Å². The van der Waals surface area contributed by atoms with Gasteiger partial charge in [0.2, 0.25) is 0 Å². The van der Waals surface area contributed by atoms with Crippen molar-refractivity contribution in [2.24, 2.45) is 5.73 Å². The summed E-state index contributed by atoms with van der Waals surface area (Å²) in [5.41, 5.74) is 5.42. The number of halogens is 3. The van der Waals surface area contributed by atoms with Crippen LogP contribution in [0.4, 0.5) is 13.2 Å². The van der Waals surface area contributed by atoms with E-state index in [1.807, 2.05) is 0 Å². The smallest absolute Gasteiger partial charge is 0.324 e. The van der Waals surface area contributed by atoms with E-state index in [9.17, 15) is 13.2 Å². The first-order chi connectivity index (χ1) is 8.49. The fraction of sp³-hybridized carbons (Fsp3) is 0.273. The van der Waals surface area contributed by atoms with Crippen molar-refractivity contribution >= 4 is 0 Å². The third-order valence-corrected chi connectivity index (χ3v) is 2.41. The number of aromatic nitrogens is 3. The molecule has 0 aliphatic rings. The van der Waals surface area contributed by atoms with Crippen LogP contribution in [0, 0.1) is 0 Å². The summed E-state index contributed by atoms with van der Waals surface area (Å²) in [7, 11) is 0. The Bertz CT molecular complexity index is 516. The molecule has 2 aromatic rings. The monoisotopic (exact) mass is 256 g/mol. The topological polar surface area (TPSA) is 67.6 Å². The van der Waals surface area contributed by atoms with E-state index >= 15 is 0 Å². The molecule has 0 saturated carbocycles. The van der Waals surface area contributed by atoms with E-state index in [2.05, 4.69) is 15.2 Å². The van der Waals surface area contributed by atoms with Crippen LogP contribution in [0.1, 0.15) is 22.8 Å². The second-order valence-corrected chi connectivity index (χ2v) is 3.77. The lowest BCUT2D eigenvalue weighted by Gasteiger charge is -2.06. The molecule has 7 heteroatoms. The minimum atomic E-state index is -4.31. The molecule has 1 aromatic carbocycles. The van der Waals surface area contributed by atoms with Gasteiger partial charge in [-0.25, -0.2) is 4.98 Å².